The molecular weight excluding hydrogens is 575 g/mol. The smallest absolute Gasteiger partial charge is 0.294 e. The first-order chi connectivity index (χ1) is 23.1. The van der Waals surface area contributed by atoms with E-state index < -0.39 is 0 Å². The zero-order valence-electron chi connectivity index (χ0n) is 26.6. The van der Waals surface area contributed by atoms with Gasteiger partial charge in [-0.1, -0.05) is 92.0 Å². The summed E-state index contributed by atoms with van der Waals surface area (Å²) in [5, 5.41) is 2.21. The lowest BCUT2D eigenvalue weighted by Gasteiger charge is -2.50. The number of benzene rings is 5. The van der Waals surface area contributed by atoms with Crippen molar-refractivity contribution in [1.29, 1.82) is 0 Å². The van der Waals surface area contributed by atoms with E-state index in [9.17, 15) is 0 Å². The molecule has 5 heterocycles. The van der Waals surface area contributed by atoms with Crippen molar-refractivity contribution < 1.29 is 8.83 Å². The first-order valence-corrected chi connectivity index (χ1v) is 17.0. The Morgan fingerprint density at radius 1 is 0.681 bits per heavy atom. The maximum atomic E-state index is 6.88. The van der Waals surface area contributed by atoms with Crippen molar-refractivity contribution in [2.75, 3.05) is 9.80 Å². The van der Waals surface area contributed by atoms with Gasteiger partial charge in [0, 0.05) is 33.2 Å². The van der Waals surface area contributed by atoms with Crippen molar-refractivity contribution >= 4 is 73.7 Å². The van der Waals surface area contributed by atoms with E-state index in [1.54, 1.807) is 0 Å². The molecule has 0 spiro atoms. The standard InChI is InChI=1S/C42H33BN2O2/c1-41-21-11-12-22-42(41,2)45(33-18-8-6-16-31(33)41)26-23-30-27-13-3-7-17-32(27)43-38(30)34(24-26)44(35-25-46-36-19-9-4-14-28(35)36)39-29-15-5-10-20-37(29)47-40(39)43/h3-10,13-20,23-25H,11-12,21-22H2,1-2H3. The molecule has 3 aliphatic heterocycles. The third kappa shape index (κ3) is 3.06. The van der Waals surface area contributed by atoms with Crippen LogP contribution in [0.2, 0.25) is 0 Å². The number of anilines is 5. The van der Waals surface area contributed by atoms with Gasteiger partial charge in [0.2, 0.25) is 0 Å². The lowest BCUT2D eigenvalue weighted by atomic mass is 9.39. The number of hydrogen-bond donors (Lipinski definition) is 0. The van der Waals surface area contributed by atoms with Gasteiger partial charge in [0.05, 0.1) is 22.6 Å². The minimum Gasteiger partial charge on any atom is -0.468 e. The van der Waals surface area contributed by atoms with Crippen molar-refractivity contribution in [1.82, 2.24) is 0 Å². The van der Waals surface area contributed by atoms with Crippen molar-refractivity contribution in [3.05, 3.63) is 121 Å². The number of rotatable bonds is 2. The predicted molar refractivity (Wildman–Crippen MR) is 194 cm³/mol. The number of furan rings is 2. The third-order valence-electron chi connectivity index (χ3n) is 12.3. The second-order valence-electron chi connectivity index (χ2n) is 14.4. The molecule has 0 saturated heterocycles. The maximum absolute atomic E-state index is 6.88. The summed E-state index contributed by atoms with van der Waals surface area (Å²) in [7, 11) is 0. The second kappa shape index (κ2) is 8.80. The Morgan fingerprint density at radius 2 is 1.43 bits per heavy atom. The molecule has 1 saturated carbocycles. The van der Waals surface area contributed by atoms with Crippen molar-refractivity contribution in [2.45, 2.75) is 50.5 Å². The fraction of sp³-hybridized carbons (Fsp3) is 0.190. The van der Waals surface area contributed by atoms with Gasteiger partial charge in [-0.05, 0) is 84.4 Å². The topological polar surface area (TPSA) is 32.8 Å². The Balaban J connectivity index is 1.26. The molecule has 47 heavy (non-hydrogen) atoms. The highest BCUT2D eigenvalue weighted by Crippen LogP contribution is 2.61. The van der Waals surface area contributed by atoms with Crippen LogP contribution in [0.1, 0.15) is 45.1 Å². The predicted octanol–water partition coefficient (Wildman–Crippen LogP) is 9.20. The van der Waals surface area contributed by atoms with Gasteiger partial charge in [-0.2, -0.15) is 0 Å². The van der Waals surface area contributed by atoms with Gasteiger partial charge in [0.15, 0.2) is 0 Å². The summed E-state index contributed by atoms with van der Waals surface area (Å²) in [6.07, 6.45) is 6.82. The van der Waals surface area contributed by atoms with Crippen molar-refractivity contribution in [3.8, 4) is 11.1 Å². The van der Waals surface area contributed by atoms with E-state index >= 15 is 0 Å². The van der Waals surface area contributed by atoms with Crippen LogP contribution in [0.3, 0.4) is 0 Å². The molecule has 4 nitrogen and oxygen atoms in total. The van der Waals surface area contributed by atoms with Gasteiger partial charge in [-0.3, -0.25) is 0 Å². The highest BCUT2D eigenvalue weighted by molar-refractivity contribution is 7.01. The molecule has 5 aromatic carbocycles. The van der Waals surface area contributed by atoms with Crippen molar-refractivity contribution in [2.24, 2.45) is 0 Å². The van der Waals surface area contributed by atoms with E-state index in [2.05, 4.69) is 127 Å². The summed E-state index contributed by atoms with van der Waals surface area (Å²) in [5.74, 6) is 0. The average Bonchev–Trinajstić information content (AvgIpc) is 3.84. The first-order valence-electron chi connectivity index (χ1n) is 17.0. The molecule has 2 aromatic heterocycles. The molecule has 1 fully saturated rings. The van der Waals surface area contributed by atoms with Crippen LogP contribution in [0.25, 0.3) is 33.1 Å². The van der Waals surface area contributed by atoms with Crippen LogP contribution in [0, 0.1) is 0 Å². The van der Waals surface area contributed by atoms with Crippen LogP contribution in [-0.4, -0.2) is 12.3 Å². The summed E-state index contributed by atoms with van der Waals surface area (Å²) >= 11 is 0. The largest absolute Gasteiger partial charge is 0.468 e. The third-order valence-corrected chi connectivity index (χ3v) is 12.3. The highest BCUT2D eigenvalue weighted by Gasteiger charge is 2.58. The minimum atomic E-state index is -0.0389. The summed E-state index contributed by atoms with van der Waals surface area (Å²) in [6.45, 7) is 5.05. The molecule has 2 atom stereocenters. The van der Waals surface area contributed by atoms with Gasteiger partial charge >= 0.3 is 0 Å². The van der Waals surface area contributed by atoms with Crippen LogP contribution in [0.15, 0.2) is 124 Å². The Kier molecular flexibility index (Phi) is 4.86. The molecule has 0 N–H and O–H groups in total. The second-order valence-corrected chi connectivity index (χ2v) is 14.4. The summed E-state index contributed by atoms with van der Waals surface area (Å²) in [4.78, 5) is 5.16. The van der Waals surface area contributed by atoms with Gasteiger partial charge < -0.3 is 18.6 Å². The van der Waals surface area contributed by atoms with E-state index in [0.29, 0.717) is 0 Å². The van der Waals surface area contributed by atoms with Crippen LogP contribution in [0.5, 0.6) is 0 Å². The van der Waals surface area contributed by atoms with Gasteiger partial charge in [0.1, 0.15) is 17.4 Å². The SMILES string of the molecule is CC12CCCCC1(C)N(c1cc3c4c(c1)N(c1coc5ccccc15)c1c(oc5ccccc15)B4c1ccccc1-3)c1ccccc12. The van der Waals surface area contributed by atoms with E-state index in [1.165, 1.54) is 63.9 Å². The number of para-hydroxylation sites is 3. The van der Waals surface area contributed by atoms with E-state index in [4.69, 9.17) is 8.83 Å². The summed E-state index contributed by atoms with van der Waals surface area (Å²) in [6, 6.07) is 40.0. The quantitative estimate of drug-likeness (QED) is 0.183. The number of hydrogen-bond acceptors (Lipinski definition) is 4. The van der Waals surface area contributed by atoms with Crippen LogP contribution < -0.4 is 26.4 Å². The van der Waals surface area contributed by atoms with Crippen LogP contribution in [-0.2, 0) is 5.41 Å². The Morgan fingerprint density at radius 3 is 2.34 bits per heavy atom. The molecule has 2 unspecified atom stereocenters. The van der Waals surface area contributed by atoms with Gasteiger partial charge in [-0.25, -0.2) is 0 Å². The molecular formula is C42H33BN2O2. The number of nitrogens with zero attached hydrogens (tertiary/aromatic N) is 2. The normalized spacial score (nSPS) is 22.0. The zero-order valence-corrected chi connectivity index (χ0v) is 26.6. The lowest BCUT2D eigenvalue weighted by molar-refractivity contribution is 0.195. The Labute approximate surface area is 274 Å². The minimum absolute atomic E-state index is 0.0171. The fourth-order valence-electron chi connectivity index (χ4n) is 9.97. The molecule has 0 amide bonds. The highest BCUT2D eigenvalue weighted by atomic mass is 16.3. The van der Waals surface area contributed by atoms with Gasteiger partial charge in [0.25, 0.3) is 6.71 Å². The number of fused-ring (bicyclic) bond motifs is 11. The van der Waals surface area contributed by atoms with E-state index in [-0.39, 0.29) is 17.7 Å². The maximum Gasteiger partial charge on any atom is 0.294 e. The molecule has 0 bridgehead atoms. The van der Waals surface area contributed by atoms with Crippen LogP contribution in [0.4, 0.5) is 28.4 Å². The Hall–Kier alpha value is -5.16. The Bertz CT molecular complexity index is 2460. The molecule has 5 heteroatoms. The molecule has 1 aliphatic carbocycles. The molecule has 226 valence electrons. The first kappa shape index (κ1) is 26.0. The fourth-order valence-corrected chi connectivity index (χ4v) is 9.97. The molecule has 7 aromatic rings. The zero-order chi connectivity index (χ0) is 31.1. The molecule has 11 rings (SSSR count). The van der Waals surface area contributed by atoms with E-state index in [1.807, 2.05) is 12.3 Å². The van der Waals surface area contributed by atoms with Gasteiger partial charge in [-0.15, -0.1) is 0 Å². The van der Waals surface area contributed by atoms with Crippen molar-refractivity contribution in [3.63, 3.8) is 0 Å². The lowest BCUT2D eigenvalue weighted by Crippen LogP contribution is -2.55. The molecule has 4 aliphatic rings. The average molecular weight is 609 g/mol. The van der Waals surface area contributed by atoms with Crippen LogP contribution >= 0.6 is 0 Å². The molecule has 0 radical (unpaired) electrons. The summed E-state index contributed by atoms with van der Waals surface area (Å²) in [5.41, 5.74) is 15.5. The van der Waals surface area contributed by atoms with E-state index in [0.717, 1.165) is 45.4 Å². The monoisotopic (exact) mass is 608 g/mol. The summed E-state index contributed by atoms with van der Waals surface area (Å²) < 4.78 is 13.1.